The lowest BCUT2D eigenvalue weighted by Gasteiger charge is -2.69. The number of benzene rings is 1. The van der Waals surface area contributed by atoms with E-state index in [1.165, 1.54) is 13.5 Å². The number of methoxy groups -OCH3 is 1. The molecule has 2 atom stereocenters. The van der Waals surface area contributed by atoms with Gasteiger partial charge in [-0.25, -0.2) is 14.6 Å². The van der Waals surface area contributed by atoms with E-state index in [-0.39, 0.29) is 38.5 Å². The van der Waals surface area contributed by atoms with Gasteiger partial charge in [0.1, 0.15) is 11.4 Å². The minimum atomic E-state index is -1.86. The minimum Gasteiger partial charge on any atom is -0.465 e. The smallest absolute Gasteiger partial charge is 0.358 e. The first kappa shape index (κ1) is 41.6. The van der Waals surface area contributed by atoms with Crippen LogP contribution in [0.15, 0.2) is 36.5 Å². The number of carbonyl (C=O) groups excluding carboxylic acids is 2. The highest BCUT2D eigenvalue weighted by atomic mass is 28.4. The normalized spacial score (nSPS) is 27.1. The third kappa shape index (κ3) is 8.22. The second-order valence-corrected chi connectivity index (χ2v) is 26.1. The summed E-state index contributed by atoms with van der Waals surface area (Å²) in [5.41, 5.74) is 5.07. The van der Waals surface area contributed by atoms with Crippen LogP contribution in [-0.4, -0.2) is 73.1 Å². The zero-order valence-corrected chi connectivity index (χ0v) is 37.7. The first-order chi connectivity index (χ1) is 26.5. The Morgan fingerprint density at radius 2 is 1.58 bits per heavy atom. The maximum absolute atomic E-state index is 14.0. The number of nitrogens with zero attached hydrogens (tertiary/aromatic N) is 4. The second kappa shape index (κ2) is 14.3. The monoisotopic (exact) mass is 798 g/mol. The summed E-state index contributed by atoms with van der Waals surface area (Å²) in [7, 11) is -0.451. The molecule has 0 saturated heterocycles. The second-order valence-electron chi connectivity index (χ2n) is 21.3. The van der Waals surface area contributed by atoms with Gasteiger partial charge in [0.25, 0.3) is 0 Å². The van der Waals surface area contributed by atoms with Crippen LogP contribution in [0.2, 0.25) is 18.1 Å². The topological polar surface area (TPSA) is 105 Å². The molecule has 0 spiro atoms. The van der Waals surface area contributed by atoms with Gasteiger partial charge in [-0.2, -0.15) is 5.10 Å². The molecule has 3 heterocycles. The van der Waals surface area contributed by atoms with Crippen molar-refractivity contribution < 1.29 is 28.2 Å². The van der Waals surface area contributed by atoms with Crippen molar-refractivity contribution in [3.8, 4) is 11.1 Å². The van der Waals surface area contributed by atoms with Crippen LogP contribution in [0.1, 0.15) is 132 Å². The van der Waals surface area contributed by atoms with Gasteiger partial charge in [0.05, 0.1) is 37.7 Å². The molecule has 4 fully saturated rings. The Morgan fingerprint density at radius 1 is 0.877 bits per heavy atom. The third-order valence-electron chi connectivity index (χ3n) is 13.8. The summed E-state index contributed by atoms with van der Waals surface area (Å²) in [4.78, 5) is 33.8. The average Bonchev–Trinajstić information content (AvgIpc) is 3.44. The van der Waals surface area contributed by atoms with Crippen LogP contribution in [0.3, 0.4) is 0 Å². The van der Waals surface area contributed by atoms with Crippen molar-refractivity contribution in [3.05, 3.63) is 64.6 Å². The molecule has 1 aromatic carbocycles. The van der Waals surface area contributed by atoms with E-state index in [1.807, 2.05) is 45.2 Å². The van der Waals surface area contributed by atoms with Gasteiger partial charge in [0.15, 0.2) is 14.0 Å². The highest BCUT2D eigenvalue weighted by Crippen LogP contribution is 2.72. The van der Waals surface area contributed by atoms with E-state index in [1.54, 1.807) is 6.07 Å². The molecule has 4 saturated carbocycles. The standard InChI is InChI=1S/C46H66N4O6Si/c1-31-35(33-16-17-37(48-38(33)40(52)56-41(2,3)4)49-19-18-32-14-13-15-34(36(32)23-49)39(51)53-10)22-47-50(31)30-45-25-43(8)24-44(9,26-45)28-46(27-43,29-45)54-20-21-55-57(11,12)42(5,6)7/h13-17,22H,18-21,23-30H2,1-12H3. The Balaban J connectivity index is 1.16. The summed E-state index contributed by atoms with van der Waals surface area (Å²) in [6.45, 7) is 27.4. The summed E-state index contributed by atoms with van der Waals surface area (Å²) in [5, 5.41) is 5.20. The van der Waals surface area contributed by atoms with Gasteiger partial charge in [-0.1, -0.05) is 46.8 Å². The van der Waals surface area contributed by atoms with Crippen molar-refractivity contribution >= 4 is 26.1 Å². The van der Waals surface area contributed by atoms with Gasteiger partial charge < -0.3 is 23.5 Å². The van der Waals surface area contributed by atoms with Gasteiger partial charge >= 0.3 is 11.9 Å². The van der Waals surface area contributed by atoms with Crippen LogP contribution in [0.5, 0.6) is 0 Å². The minimum absolute atomic E-state index is 0.0519. The average molecular weight is 799 g/mol. The van der Waals surface area contributed by atoms with E-state index >= 15 is 0 Å². The van der Waals surface area contributed by atoms with Crippen LogP contribution in [0.4, 0.5) is 5.82 Å². The number of fused-ring (bicyclic) bond motifs is 1. The lowest BCUT2D eigenvalue weighted by molar-refractivity contribution is -0.249. The molecule has 10 nitrogen and oxygen atoms in total. The fourth-order valence-electron chi connectivity index (χ4n) is 11.5. The molecule has 0 amide bonds. The molecule has 0 radical (unpaired) electrons. The molecule has 57 heavy (non-hydrogen) atoms. The number of ether oxygens (including phenoxy) is 3. The van der Waals surface area contributed by atoms with Gasteiger partial charge in [-0.05, 0) is 136 Å². The van der Waals surface area contributed by atoms with Crippen molar-refractivity contribution in [2.75, 3.05) is 31.8 Å². The Hall–Kier alpha value is -3.54. The van der Waals surface area contributed by atoms with E-state index in [0.717, 1.165) is 67.5 Å². The first-order valence-corrected chi connectivity index (χ1v) is 23.9. The summed E-state index contributed by atoms with van der Waals surface area (Å²) >= 11 is 0. The predicted octanol–water partition coefficient (Wildman–Crippen LogP) is 9.72. The van der Waals surface area contributed by atoms with Crippen LogP contribution in [0, 0.1) is 23.2 Å². The maximum Gasteiger partial charge on any atom is 0.358 e. The highest BCUT2D eigenvalue weighted by molar-refractivity contribution is 6.74. The largest absolute Gasteiger partial charge is 0.465 e. The van der Waals surface area contributed by atoms with Gasteiger partial charge in [0, 0.05) is 36.5 Å². The van der Waals surface area contributed by atoms with E-state index in [2.05, 4.69) is 70.3 Å². The summed E-state index contributed by atoms with van der Waals surface area (Å²) in [5.74, 6) is -0.173. The van der Waals surface area contributed by atoms with Crippen molar-refractivity contribution in [3.63, 3.8) is 0 Å². The number of pyridine rings is 1. The number of rotatable bonds is 11. The molecular formula is C46H66N4O6Si. The Bertz CT molecular complexity index is 2020. The molecule has 5 aliphatic rings. The molecule has 0 N–H and O–H groups in total. The van der Waals surface area contributed by atoms with Crippen molar-refractivity contribution in [1.29, 1.82) is 0 Å². The van der Waals surface area contributed by atoms with Gasteiger partial charge in [-0.3, -0.25) is 4.68 Å². The van der Waals surface area contributed by atoms with Crippen molar-refractivity contribution in [2.45, 2.75) is 150 Å². The zero-order chi connectivity index (χ0) is 41.4. The third-order valence-corrected chi connectivity index (χ3v) is 18.3. The molecule has 11 heteroatoms. The van der Waals surface area contributed by atoms with Gasteiger partial charge in [-0.15, -0.1) is 0 Å². The SMILES string of the molecule is COC(=O)c1cccc2c1CN(c1ccc(-c3cnn(CC45CC6(C)CC(C)(C4)CC(OCCO[Si](C)(C)C(C)(C)C)(C6)C5)c3C)c(C(=O)OC(C)(C)C)n1)CC2. The molecule has 2 unspecified atom stereocenters. The highest BCUT2D eigenvalue weighted by Gasteiger charge is 2.66. The molecule has 310 valence electrons. The lowest BCUT2D eigenvalue weighted by atomic mass is 9.39. The Morgan fingerprint density at radius 3 is 2.23 bits per heavy atom. The number of carbonyl (C=O) groups is 2. The summed E-state index contributed by atoms with van der Waals surface area (Å²) < 4.78 is 26.8. The van der Waals surface area contributed by atoms with Gasteiger partial charge in [0.2, 0.25) is 0 Å². The van der Waals surface area contributed by atoms with E-state index < -0.39 is 19.9 Å². The van der Waals surface area contributed by atoms with Crippen LogP contribution >= 0.6 is 0 Å². The van der Waals surface area contributed by atoms with Crippen LogP contribution in [-0.2, 0) is 38.1 Å². The molecule has 8 rings (SSSR count). The zero-order valence-electron chi connectivity index (χ0n) is 36.7. The number of anilines is 1. The maximum atomic E-state index is 14.0. The first-order valence-electron chi connectivity index (χ1n) is 21.0. The van der Waals surface area contributed by atoms with E-state index in [0.29, 0.717) is 43.2 Å². The van der Waals surface area contributed by atoms with E-state index in [4.69, 9.17) is 28.7 Å². The van der Waals surface area contributed by atoms with Crippen LogP contribution < -0.4 is 4.90 Å². The fourth-order valence-corrected chi connectivity index (χ4v) is 12.5. The van der Waals surface area contributed by atoms with E-state index in [9.17, 15) is 9.59 Å². The molecule has 4 bridgehead atoms. The van der Waals surface area contributed by atoms with Crippen LogP contribution in [0.25, 0.3) is 11.1 Å². The number of hydrogen-bond donors (Lipinski definition) is 0. The summed E-state index contributed by atoms with van der Waals surface area (Å²) in [6, 6.07) is 9.73. The van der Waals surface area contributed by atoms with Crippen molar-refractivity contribution in [2.24, 2.45) is 16.2 Å². The number of esters is 2. The van der Waals surface area contributed by atoms with Crippen molar-refractivity contribution in [1.82, 2.24) is 14.8 Å². The number of aromatic nitrogens is 3. The lowest BCUT2D eigenvalue weighted by Crippen LogP contribution is -2.64. The Labute approximate surface area is 341 Å². The molecule has 3 aromatic rings. The quantitative estimate of drug-likeness (QED) is 0.107. The molecular weight excluding hydrogens is 733 g/mol. The molecule has 2 aromatic heterocycles. The molecule has 4 aliphatic carbocycles. The fraction of sp³-hybridized carbons (Fsp3) is 0.652. The molecule has 1 aliphatic heterocycles. The predicted molar refractivity (Wildman–Crippen MR) is 226 cm³/mol. The Kier molecular flexibility index (Phi) is 10.5. The summed E-state index contributed by atoms with van der Waals surface area (Å²) in [6.07, 6.45) is 9.42. The number of hydrogen-bond acceptors (Lipinski definition) is 9.